The van der Waals surface area contributed by atoms with Crippen LogP contribution in [0.5, 0.6) is 0 Å². The number of hydrogen-bond acceptors (Lipinski definition) is 5. The van der Waals surface area contributed by atoms with E-state index in [4.69, 9.17) is 28.5 Å². The summed E-state index contributed by atoms with van der Waals surface area (Å²) in [4.78, 5) is 24.0. The Morgan fingerprint density at radius 3 is 2.36 bits per heavy atom. The number of nitrogens with zero attached hydrogens (tertiary/aromatic N) is 1. The summed E-state index contributed by atoms with van der Waals surface area (Å²) in [6.07, 6.45) is 2.17. The lowest BCUT2D eigenvalue weighted by molar-refractivity contribution is -0.121. The molecule has 116 valence electrons. The highest BCUT2D eigenvalue weighted by Gasteiger charge is 2.40. The Morgan fingerprint density at radius 1 is 1.32 bits per heavy atom. The molecule has 0 spiro atoms. The van der Waals surface area contributed by atoms with E-state index in [0.717, 1.165) is 6.26 Å². The van der Waals surface area contributed by atoms with Crippen molar-refractivity contribution < 1.29 is 18.0 Å². The molecule has 1 fully saturated rings. The third-order valence-electron chi connectivity index (χ3n) is 3.34. The minimum atomic E-state index is -3.86. The van der Waals surface area contributed by atoms with Gasteiger partial charge in [-0.3, -0.25) is 9.59 Å². The molecule has 1 aliphatic rings. The maximum absolute atomic E-state index is 12.5. The van der Waals surface area contributed by atoms with Gasteiger partial charge in [-0.1, -0.05) is 23.2 Å². The number of Topliss-reactive ketones (excluding diaryl/α,β-unsaturated/α-hetero) is 2. The summed E-state index contributed by atoms with van der Waals surface area (Å²) in [5.74, 6) is -3.15. The largest absolute Gasteiger partial charge is 0.297 e. The number of carbonyl (C=O) groups is 2. The molecule has 5 nitrogen and oxygen atoms in total. The predicted molar refractivity (Wildman–Crippen MR) is 80.7 cm³/mol. The van der Waals surface area contributed by atoms with Gasteiger partial charge in [-0.2, -0.15) is 5.26 Å². The van der Waals surface area contributed by atoms with Gasteiger partial charge in [0.25, 0.3) is 0 Å². The molecule has 0 amide bonds. The molecule has 1 atom stereocenters. The maximum Gasteiger partial charge on any atom is 0.188 e. The minimum Gasteiger partial charge on any atom is -0.297 e. The van der Waals surface area contributed by atoms with Crippen molar-refractivity contribution >= 4 is 44.6 Å². The SMILES string of the molecule is CS(=O)(=O)c1c(C(=O)C(C#N)C(=O)C2CC2)ccc(Cl)c1Cl. The molecule has 0 bridgehead atoms. The summed E-state index contributed by atoms with van der Waals surface area (Å²) in [6, 6.07) is 4.11. The number of nitriles is 1. The number of halogens is 2. The van der Waals surface area contributed by atoms with E-state index in [1.165, 1.54) is 12.1 Å². The summed E-state index contributed by atoms with van der Waals surface area (Å²) in [5, 5.41) is 8.81. The molecule has 0 radical (unpaired) electrons. The fourth-order valence-electron chi connectivity index (χ4n) is 2.10. The number of ketones is 2. The number of carbonyl (C=O) groups excluding carboxylic acids is 2. The first-order chi connectivity index (χ1) is 10.2. The Hall–Kier alpha value is -1.42. The van der Waals surface area contributed by atoms with Gasteiger partial charge in [0.1, 0.15) is 0 Å². The molecular formula is C14H11Cl2NO4S. The van der Waals surface area contributed by atoms with Gasteiger partial charge < -0.3 is 0 Å². The molecule has 1 aliphatic carbocycles. The zero-order valence-corrected chi connectivity index (χ0v) is 13.8. The van der Waals surface area contributed by atoms with Crippen LogP contribution in [0.4, 0.5) is 0 Å². The average molecular weight is 360 g/mol. The molecule has 1 aromatic carbocycles. The first-order valence-electron chi connectivity index (χ1n) is 6.34. The first kappa shape index (κ1) is 16.9. The van der Waals surface area contributed by atoms with Crippen LogP contribution in [-0.4, -0.2) is 26.2 Å². The van der Waals surface area contributed by atoms with E-state index in [1.54, 1.807) is 6.07 Å². The van der Waals surface area contributed by atoms with E-state index < -0.39 is 32.2 Å². The molecule has 8 heteroatoms. The lowest BCUT2D eigenvalue weighted by Crippen LogP contribution is -2.25. The van der Waals surface area contributed by atoms with Crippen LogP contribution in [0.2, 0.25) is 10.0 Å². The van der Waals surface area contributed by atoms with Gasteiger partial charge in [0.2, 0.25) is 0 Å². The van der Waals surface area contributed by atoms with Crippen molar-refractivity contribution in [3.8, 4) is 6.07 Å². The van der Waals surface area contributed by atoms with E-state index >= 15 is 0 Å². The Morgan fingerprint density at radius 2 is 1.91 bits per heavy atom. The van der Waals surface area contributed by atoms with Crippen LogP contribution in [0.15, 0.2) is 17.0 Å². The number of sulfone groups is 1. The van der Waals surface area contributed by atoms with Crippen molar-refractivity contribution in [1.82, 2.24) is 0 Å². The molecule has 2 rings (SSSR count). The number of rotatable bonds is 5. The lowest BCUT2D eigenvalue weighted by Gasteiger charge is -2.12. The second-order valence-electron chi connectivity index (χ2n) is 5.11. The topological polar surface area (TPSA) is 92.1 Å². The van der Waals surface area contributed by atoms with Crippen molar-refractivity contribution in [3.63, 3.8) is 0 Å². The molecule has 22 heavy (non-hydrogen) atoms. The van der Waals surface area contributed by atoms with Crippen LogP contribution >= 0.6 is 23.2 Å². The van der Waals surface area contributed by atoms with Crippen molar-refractivity contribution in [2.24, 2.45) is 11.8 Å². The smallest absolute Gasteiger partial charge is 0.188 e. The third-order valence-corrected chi connectivity index (χ3v) is 5.42. The van der Waals surface area contributed by atoms with Crippen LogP contribution in [0.3, 0.4) is 0 Å². The zero-order chi connectivity index (χ0) is 16.7. The Labute approximate surface area is 137 Å². The fourth-order valence-corrected chi connectivity index (χ4v) is 3.90. The summed E-state index contributed by atoms with van der Waals surface area (Å²) < 4.78 is 23.8. The van der Waals surface area contributed by atoms with Gasteiger partial charge in [-0.25, -0.2) is 8.42 Å². The molecule has 0 aromatic heterocycles. The standard InChI is InChI=1S/C14H11Cl2NO4S/c1-22(20,21)14-8(4-5-10(15)11(14)16)13(19)9(6-17)12(18)7-2-3-7/h4-5,7,9H,2-3H2,1H3. The van der Waals surface area contributed by atoms with E-state index in [0.29, 0.717) is 12.8 Å². The Bertz CT molecular complexity index is 807. The Kier molecular flexibility index (Phi) is 4.62. The highest BCUT2D eigenvalue weighted by atomic mass is 35.5. The second kappa shape index (κ2) is 5.99. The van der Waals surface area contributed by atoms with E-state index in [1.807, 2.05) is 0 Å². The van der Waals surface area contributed by atoms with Gasteiger partial charge in [-0.05, 0) is 25.0 Å². The average Bonchev–Trinajstić information content (AvgIpc) is 3.25. The summed E-state index contributed by atoms with van der Waals surface area (Å²) in [6.45, 7) is 0. The lowest BCUT2D eigenvalue weighted by atomic mass is 9.92. The maximum atomic E-state index is 12.5. The van der Waals surface area contributed by atoms with Crippen molar-refractivity contribution in [3.05, 3.63) is 27.7 Å². The van der Waals surface area contributed by atoms with E-state index in [-0.39, 0.29) is 21.5 Å². The summed E-state index contributed by atoms with van der Waals surface area (Å²) in [7, 11) is -3.86. The van der Waals surface area contributed by atoms with Crippen LogP contribution in [0, 0.1) is 23.2 Å². The van der Waals surface area contributed by atoms with E-state index in [9.17, 15) is 18.0 Å². The van der Waals surface area contributed by atoms with Gasteiger partial charge in [0.15, 0.2) is 27.3 Å². The van der Waals surface area contributed by atoms with Crippen LogP contribution in [0.25, 0.3) is 0 Å². The quantitative estimate of drug-likeness (QED) is 0.595. The molecule has 1 unspecified atom stereocenters. The fraction of sp³-hybridized carbons (Fsp3) is 0.357. The van der Waals surface area contributed by atoms with Crippen LogP contribution in [-0.2, 0) is 14.6 Å². The molecule has 1 saturated carbocycles. The van der Waals surface area contributed by atoms with Gasteiger partial charge in [0.05, 0.1) is 21.0 Å². The second-order valence-corrected chi connectivity index (χ2v) is 7.85. The third kappa shape index (κ3) is 3.17. The molecule has 1 aromatic rings. The van der Waals surface area contributed by atoms with Gasteiger partial charge >= 0.3 is 0 Å². The van der Waals surface area contributed by atoms with E-state index in [2.05, 4.69) is 0 Å². The molecule has 0 saturated heterocycles. The highest BCUT2D eigenvalue weighted by molar-refractivity contribution is 7.91. The Balaban J connectivity index is 2.57. The monoisotopic (exact) mass is 359 g/mol. The molecular weight excluding hydrogens is 349 g/mol. The number of benzene rings is 1. The summed E-state index contributed by atoms with van der Waals surface area (Å²) >= 11 is 11.7. The van der Waals surface area contributed by atoms with Crippen molar-refractivity contribution in [2.75, 3.05) is 6.26 Å². The van der Waals surface area contributed by atoms with Gasteiger partial charge in [-0.15, -0.1) is 0 Å². The van der Waals surface area contributed by atoms with Crippen molar-refractivity contribution in [1.29, 1.82) is 5.26 Å². The minimum absolute atomic E-state index is 0.0272. The first-order valence-corrected chi connectivity index (χ1v) is 8.98. The zero-order valence-electron chi connectivity index (χ0n) is 11.5. The van der Waals surface area contributed by atoms with Crippen LogP contribution < -0.4 is 0 Å². The molecule has 0 aliphatic heterocycles. The normalized spacial score (nSPS) is 15.9. The predicted octanol–water partition coefficient (Wildman–Crippen LogP) is 2.70. The highest BCUT2D eigenvalue weighted by Crippen LogP contribution is 2.36. The molecule has 0 heterocycles. The number of hydrogen-bond donors (Lipinski definition) is 0. The molecule has 0 N–H and O–H groups in total. The van der Waals surface area contributed by atoms with Crippen molar-refractivity contribution in [2.45, 2.75) is 17.7 Å². The van der Waals surface area contributed by atoms with Crippen LogP contribution in [0.1, 0.15) is 23.2 Å². The van der Waals surface area contributed by atoms with Gasteiger partial charge in [0, 0.05) is 17.7 Å². The summed E-state index contributed by atoms with van der Waals surface area (Å²) in [5.41, 5.74) is -0.280.